The quantitative estimate of drug-likeness (QED) is 0.365. The molecule has 33 heavy (non-hydrogen) atoms. The lowest BCUT2D eigenvalue weighted by Crippen LogP contribution is -2.06. The summed E-state index contributed by atoms with van der Waals surface area (Å²) in [6.45, 7) is 0.429. The first kappa shape index (κ1) is 20.3. The first-order valence-electron chi connectivity index (χ1n) is 10.3. The largest absolute Gasteiger partial charge is 0.478 e. The van der Waals surface area contributed by atoms with Gasteiger partial charge in [-0.25, -0.2) is 14.3 Å². The molecule has 0 aliphatic heterocycles. The van der Waals surface area contributed by atoms with Gasteiger partial charge in [0.1, 0.15) is 11.3 Å². The van der Waals surface area contributed by atoms with Crippen molar-refractivity contribution in [2.24, 2.45) is 0 Å². The molecule has 0 aliphatic rings. The van der Waals surface area contributed by atoms with Crippen molar-refractivity contribution in [2.75, 3.05) is 5.32 Å². The highest BCUT2D eigenvalue weighted by atomic mass is 16.4. The molecule has 0 bridgehead atoms. The SMILES string of the molecule is O=C(O)c1ccc(-n2cc(CNc3ccccc3)c(-c3cc4ccccc4oc3=O)n2)cc1. The smallest absolute Gasteiger partial charge is 0.345 e. The molecule has 5 aromatic rings. The summed E-state index contributed by atoms with van der Waals surface area (Å²) in [5.74, 6) is -0.996. The van der Waals surface area contributed by atoms with Crippen molar-refractivity contribution in [3.63, 3.8) is 0 Å². The standard InChI is InChI=1S/C26H19N3O4/c30-25(31)17-10-12-21(13-11-17)29-16-19(15-27-20-7-2-1-3-8-20)24(28-29)22-14-18-6-4-5-9-23(18)33-26(22)32/h1-14,16,27H,15H2,(H,30,31). The van der Waals surface area contributed by atoms with Gasteiger partial charge in [0.2, 0.25) is 0 Å². The number of hydrogen-bond donors (Lipinski definition) is 2. The van der Waals surface area contributed by atoms with Gasteiger partial charge in [0.05, 0.1) is 16.8 Å². The predicted octanol–water partition coefficient (Wildman–Crippen LogP) is 4.96. The van der Waals surface area contributed by atoms with Gasteiger partial charge in [-0.1, -0.05) is 36.4 Å². The number of fused-ring (bicyclic) bond motifs is 1. The number of aromatic carboxylic acids is 1. The zero-order chi connectivity index (χ0) is 22.8. The van der Waals surface area contributed by atoms with Crippen LogP contribution in [0.15, 0.2) is 100 Å². The molecule has 0 radical (unpaired) electrons. The maximum atomic E-state index is 12.8. The van der Waals surface area contributed by atoms with Gasteiger partial charge in [0.15, 0.2) is 0 Å². The van der Waals surface area contributed by atoms with E-state index in [4.69, 9.17) is 9.52 Å². The van der Waals surface area contributed by atoms with Crippen molar-refractivity contribution in [3.05, 3.63) is 113 Å². The van der Waals surface area contributed by atoms with Crippen LogP contribution in [0.3, 0.4) is 0 Å². The highest BCUT2D eigenvalue weighted by molar-refractivity contribution is 5.87. The van der Waals surface area contributed by atoms with Crippen molar-refractivity contribution in [1.29, 1.82) is 0 Å². The van der Waals surface area contributed by atoms with E-state index in [2.05, 4.69) is 10.4 Å². The lowest BCUT2D eigenvalue weighted by Gasteiger charge is -2.06. The number of hydrogen-bond acceptors (Lipinski definition) is 5. The summed E-state index contributed by atoms with van der Waals surface area (Å²) in [4.78, 5) is 24.0. The van der Waals surface area contributed by atoms with Crippen LogP contribution in [0.4, 0.5) is 5.69 Å². The summed E-state index contributed by atoms with van der Waals surface area (Å²) in [7, 11) is 0. The number of nitrogens with one attached hydrogen (secondary N) is 1. The summed E-state index contributed by atoms with van der Waals surface area (Å²) in [5, 5.41) is 18.0. The molecular weight excluding hydrogens is 418 g/mol. The average Bonchev–Trinajstić information content (AvgIpc) is 3.27. The number of carboxylic acids is 1. The van der Waals surface area contributed by atoms with Crippen molar-refractivity contribution in [2.45, 2.75) is 6.54 Å². The Bertz CT molecular complexity index is 1500. The van der Waals surface area contributed by atoms with Crippen molar-refractivity contribution in [3.8, 4) is 16.9 Å². The third-order valence-electron chi connectivity index (χ3n) is 5.32. The second kappa shape index (κ2) is 8.47. The summed E-state index contributed by atoms with van der Waals surface area (Å²) in [6.07, 6.45) is 1.83. The third kappa shape index (κ3) is 4.12. The number of benzene rings is 3. The highest BCUT2D eigenvalue weighted by Gasteiger charge is 2.17. The number of anilines is 1. The van der Waals surface area contributed by atoms with E-state index in [1.165, 1.54) is 12.1 Å². The van der Waals surface area contributed by atoms with E-state index in [-0.39, 0.29) is 5.56 Å². The monoisotopic (exact) mass is 437 g/mol. The van der Waals surface area contributed by atoms with Crippen LogP contribution in [0.5, 0.6) is 0 Å². The molecular formula is C26H19N3O4. The van der Waals surface area contributed by atoms with Crippen LogP contribution in [-0.2, 0) is 6.54 Å². The molecule has 2 heterocycles. The average molecular weight is 437 g/mol. The normalized spacial score (nSPS) is 10.9. The Labute approximate surface area is 188 Å². The second-order valence-corrected chi connectivity index (χ2v) is 7.50. The van der Waals surface area contributed by atoms with Crippen molar-refractivity contribution < 1.29 is 14.3 Å². The molecule has 0 unspecified atom stereocenters. The van der Waals surface area contributed by atoms with Crippen LogP contribution >= 0.6 is 0 Å². The fourth-order valence-electron chi connectivity index (χ4n) is 3.64. The number of aromatic nitrogens is 2. The minimum absolute atomic E-state index is 0.187. The van der Waals surface area contributed by atoms with E-state index in [1.54, 1.807) is 28.9 Å². The molecule has 0 amide bonds. The maximum absolute atomic E-state index is 12.8. The summed E-state index contributed by atoms with van der Waals surface area (Å²) in [5.41, 5.74) is 3.50. The Hall–Kier alpha value is -4.65. The zero-order valence-electron chi connectivity index (χ0n) is 17.4. The Morgan fingerprint density at radius 1 is 0.970 bits per heavy atom. The fourth-order valence-corrected chi connectivity index (χ4v) is 3.64. The Balaban J connectivity index is 1.59. The van der Waals surface area contributed by atoms with Gasteiger partial charge >= 0.3 is 11.6 Å². The first-order chi connectivity index (χ1) is 16.1. The molecule has 0 saturated carbocycles. The van der Waals surface area contributed by atoms with Gasteiger partial charge in [-0.3, -0.25) is 0 Å². The number of para-hydroxylation sites is 2. The van der Waals surface area contributed by atoms with Gasteiger partial charge in [-0.05, 0) is 48.5 Å². The molecule has 3 aromatic carbocycles. The number of nitrogens with zero attached hydrogens (tertiary/aromatic N) is 2. The van der Waals surface area contributed by atoms with Crippen LogP contribution in [0.1, 0.15) is 15.9 Å². The minimum atomic E-state index is -0.996. The number of carbonyl (C=O) groups is 1. The second-order valence-electron chi connectivity index (χ2n) is 7.50. The Morgan fingerprint density at radius 2 is 1.70 bits per heavy atom. The zero-order valence-corrected chi connectivity index (χ0v) is 17.4. The molecule has 7 nitrogen and oxygen atoms in total. The van der Waals surface area contributed by atoms with E-state index >= 15 is 0 Å². The van der Waals surface area contributed by atoms with Crippen molar-refractivity contribution in [1.82, 2.24) is 9.78 Å². The van der Waals surface area contributed by atoms with E-state index in [9.17, 15) is 9.59 Å². The number of rotatable bonds is 6. The molecule has 2 N–H and O–H groups in total. The molecule has 162 valence electrons. The molecule has 5 rings (SSSR count). The third-order valence-corrected chi connectivity index (χ3v) is 5.32. The minimum Gasteiger partial charge on any atom is -0.478 e. The fraction of sp³-hybridized carbons (Fsp3) is 0.0385. The highest BCUT2D eigenvalue weighted by Crippen LogP contribution is 2.25. The van der Waals surface area contributed by atoms with Gasteiger partial charge in [0.25, 0.3) is 0 Å². The van der Waals surface area contributed by atoms with E-state index < -0.39 is 11.6 Å². The van der Waals surface area contributed by atoms with E-state index in [0.717, 1.165) is 16.6 Å². The van der Waals surface area contributed by atoms with Crippen LogP contribution in [0.25, 0.3) is 27.9 Å². The molecule has 0 spiro atoms. The van der Waals surface area contributed by atoms with Crippen LogP contribution < -0.4 is 10.9 Å². The number of carboxylic acid groups (broad SMARTS) is 1. The predicted molar refractivity (Wildman–Crippen MR) is 126 cm³/mol. The Morgan fingerprint density at radius 3 is 2.45 bits per heavy atom. The summed E-state index contributed by atoms with van der Waals surface area (Å²) >= 11 is 0. The first-order valence-corrected chi connectivity index (χ1v) is 10.3. The summed E-state index contributed by atoms with van der Waals surface area (Å²) in [6, 6.07) is 25.2. The summed E-state index contributed by atoms with van der Waals surface area (Å²) < 4.78 is 7.17. The molecule has 0 saturated heterocycles. The maximum Gasteiger partial charge on any atom is 0.345 e. The van der Waals surface area contributed by atoms with Crippen LogP contribution in [0.2, 0.25) is 0 Å². The molecule has 0 aliphatic carbocycles. The molecule has 2 aromatic heterocycles. The lowest BCUT2D eigenvalue weighted by molar-refractivity contribution is 0.0697. The van der Waals surface area contributed by atoms with Gasteiger partial charge < -0.3 is 14.8 Å². The Kier molecular flexibility index (Phi) is 5.20. The van der Waals surface area contributed by atoms with E-state index in [0.29, 0.717) is 29.1 Å². The van der Waals surface area contributed by atoms with Gasteiger partial charge in [-0.2, -0.15) is 5.10 Å². The molecule has 0 atom stereocenters. The van der Waals surface area contributed by atoms with Crippen LogP contribution in [-0.4, -0.2) is 20.9 Å². The van der Waals surface area contributed by atoms with E-state index in [1.807, 2.05) is 54.7 Å². The van der Waals surface area contributed by atoms with Gasteiger partial charge in [0, 0.05) is 29.4 Å². The van der Waals surface area contributed by atoms with Gasteiger partial charge in [-0.15, -0.1) is 0 Å². The van der Waals surface area contributed by atoms with Crippen molar-refractivity contribution >= 4 is 22.6 Å². The topological polar surface area (TPSA) is 97.4 Å². The van der Waals surface area contributed by atoms with Crippen LogP contribution in [0, 0.1) is 0 Å². The lowest BCUT2D eigenvalue weighted by atomic mass is 10.1. The molecule has 7 heteroatoms. The molecule has 0 fully saturated rings.